The normalized spacial score (nSPS) is 15.1. The van der Waals surface area contributed by atoms with Gasteiger partial charge in [0.05, 0.1) is 5.41 Å². The molecule has 0 N–H and O–H groups in total. The fourth-order valence-electron chi connectivity index (χ4n) is 8.53. The molecule has 0 radical (unpaired) electrons. The highest BCUT2D eigenvalue weighted by molar-refractivity contribution is 6.03. The number of aryl methyl sites for hydroxylation is 1. The second kappa shape index (κ2) is 14.5. The number of hydrogen-bond donors (Lipinski definition) is 0. The fourth-order valence-corrected chi connectivity index (χ4v) is 8.53. The van der Waals surface area contributed by atoms with Crippen LogP contribution in [-0.4, -0.2) is 12.6 Å². The fraction of sp³-hybridized carbons (Fsp3) is 0.0566. The maximum absolute atomic E-state index is 5.17. The molecule has 2 nitrogen and oxygen atoms in total. The third-order valence-electron chi connectivity index (χ3n) is 11.1. The van der Waals surface area contributed by atoms with Crippen molar-refractivity contribution < 1.29 is 0 Å². The Kier molecular flexibility index (Phi) is 8.94. The van der Waals surface area contributed by atoms with E-state index in [2.05, 4.69) is 189 Å². The molecular weight excluding hydrogens is 665 g/mol. The van der Waals surface area contributed by atoms with Gasteiger partial charge >= 0.3 is 0 Å². The first kappa shape index (κ1) is 33.9. The molecule has 1 aliphatic rings. The molecule has 0 saturated carbocycles. The zero-order valence-corrected chi connectivity index (χ0v) is 30.9. The van der Waals surface area contributed by atoms with Gasteiger partial charge in [0.25, 0.3) is 0 Å². The molecule has 55 heavy (non-hydrogen) atoms. The van der Waals surface area contributed by atoms with Gasteiger partial charge in [-0.2, -0.15) is 0 Å². The Hall–Kier alpha value is -6.90. The molecule has 0 amide bonds. The summed E-state index contributed by atoms with van der Waals surface area (Å²) in [6.45, 7) is 6.19. The summed E-state index contributed by atoms with van der Waals surface area (Å²) in [5.74, 6) is 0.583. The van der Waals surface area contributed by atoms with Crippen LogP contribution in [0.4, 0.5) is 0 Å². The molecule has 8 aromatic carbocycles. The number of nitrogens with zero attached hydrogens (tertiary/aromatic N) is 2. The smallest absolute Gasteiger partial charge is 0.158 e. The van der Waals surface area contributed by atoms with Gasteiger partial charge in [-0.25, -0.2) is 9.98 Å². The molecule has 1 atom stereocenters. The van der Waals surface area contributed by atoms with Crippen molar-refractivity contribution in [3.8, 4) is 33.4 Å². The summed E-state index contributed by atoms with van der Waals surface area (Å²) in [6, 6.07) is 69.9. The lowest BCUT2D eigenvalue weighted by molar-refractivity contribution is 0.806. The Bertz CT molecular complexity index is 2740. The van der Waals surface area contributed by atoms with Crippen LogP contribution in [0.3, 0.4) is 0 Å². The molecule has 0 fully saturated rings. The zero-order chi connectivity index (χ0) is 37.2. The van der Waals surface area contributed by atoms with E-state index in [1.807, 2.05) is 30.3 Å². The van der Waals surface area contributed by atoms with Crippen molar-refractivity contribution in [1.29, 1.82) is 0 Å². The molecule has 262 valence electrons. The van der Waals surface area contributed by atoms with Gasteiger partial charge in [-0.1, -0.05) is 189 Å². The van der Waals surface area contributed by atoms with E-state index in [4.69, 9.17) is 4.99 Å². The molecule has 8 aromatic rings. The van der Waals surface area contributed by atoms with E-state index in [0.717, 1.165) is 23.1 Å². The monoisotopic (exact) mass is 704 g/mol. The van der Waals surface area contributed by atoms with E-state index in [-0.39, 0.29) is 0 Å². The minimum atomic E-state index is -0.687. The molecule has 0 aliphatic heterocycles. The minimum Gasteiger partial charge on any atom is -0.245 e. The predicted octanol–water partition coefficient (Wildman–Crippen LogP) is 13.2. The summed E-state index contributed by atoms with van der Waals surface area (Å²) in [5, 5.41) is 2.50. The van der Waals surface area contributed by atoms with Crippen LogP contribution in [0.25, 0.3) is 49.7 Å². The summed E-state index contributed by atoms with van der Waals surface area (Å²) >= 11 is 0. The van der Waals surface area contributed by atoms with E-state index in [1.54, 1.807) is 0 Å². The van der Waals surface area contributed by atoms with Gasteiger partial charge in [-0.15, -0.1) is 0 Å². The van der Waals surface area contributed by atoms with E-state index >= 15 is 0 Å². The maximum atomic E-state index is 5.17. The summed E-state index contributed by atoms with van der Waals surface area (Å²) in [6.07, 6.45) is 2.94. The molecule has 0 aromatic heterocycles. The third kappa shape index (κ3) is 5.93. The van der Waals surface area contributed by atoms with Gasteiger partial charge in [0, 0.05) is 11.8 Å². The van der Waals surface area contributed by atoms with Crippen molar-refractivity contribution in [2.45, 2.75) is 18.8 Å². The molecule has 0 saturated heterocycles. The Morgan fingerprint density at radius 3 is 1.75 bits per heavy atom. The molecule has 9 rings (SSSR count). The van der Waals surface area contributed by atoms with E-state index in [0.29, 0.717) is 5.84 Å². The number of allylic oxidation sites excluding steroid dienone is 1. The van der Waals surface area contributed by atoms with Crippen LogP contribution in [0.5, 0.6) is 0 Å². The summed E-state index contributed by atoms with van der Waals surface area (Å²) < 4.78 is 0. The van der Waals surface area contributed by atoms with Gasteiger partial charge in [0.15, 0.2) is 5.84 Å². The Labute approximate surface area is 323 Å². The van der Waals surface area contributed by atoms with E-state index in [9.17, 15) is 0 Å². The average molecular weight is 705 g/mol. The molecule has 0 spiro atoms. The maximum Gasteiger partial charge on any atom is 0.158 e. The molecule has 0 heterocycles. The summed E-state index contributed by atoms with van der Waals surface area (Å²) in [4.78, 5) is 9.59. The first-order chi connectivity index (χ1) is 27.2. The number of benzene rings is 8. The first-order valence-corrected chi connectivity index (χ1v) is 19.0. The van der Waals surface area contributed by atoms with Crippen LogP contribution in [0.2, 0.25) is 0 Å². The lowest BCUT2D eigenvalue weighted by Crippen LogP contribution is -2.30. The zero-order valence-electron chi connectivity index (χ0n) is 30.9. The van der Waals surface area contributed by atoms with E-state index < -0.39 is 5.41 Å². The average Bonchev–Trinajstić information content (AvgIpc) is 3.55. The molecule has 0 bridgehead atoms. The second-order valence-corrected chi connectivity index (χ2v) is 14.1. The summed E-state index contributed by atoms with van der Waals surface area (Å²) in [7, 11) is 0. The SMILES string of the molecule is C=NC(=N/C=C(\c1ccccc1)C1(c2ccccc2CC)c2ccccc2-c2ccc(-c3ccc(-c4ccc5ccccc5c4)cc3)cc21)c1ccccc1. The molecule has 2 heteroatoms. The van der Waals surface area contributed by atoms with Crippen LogP contribution in [-0.2, 0) is 11.8 Å². The number of amidine groups is 1. The van der Waals surface area contributed by atoms with Crippen LogP contribution < -0.4 is 0 Å². The number of fused-ring (bicyclic) bond motifs is 4. The number of hydrogen-bond acceptors (Lipinski definition) is 1. The minimum absolute atomic E-state index is 0.583. The third-order valence-corrected chi connectivity index (χ3v) is 11.1. The van der Waals surface area contributed by atoms with Crippen molar-refractivity contribution in [2.24, 2.45) is 9.98 Å². The van der Waals surface area contributed by atoms with Crippen molar-refractivity contribution in [2.75, 3.05) is 0 Å². The largest absolute Gasteiger partial charge is 0.245 e. The molecular formula is C53H40N2. The van der Waals surface area contributed by atoms with Crippen molar-refractivity contribution in [1.82, 2.24) is 0 Å². The van der Waals surface area contributed by atoms with Gasteiger partial charge in [-0.3, -0.25) is 0 Å². The highest BCUT2D eigenvalue weighted by atomic mass is 14.9. The highest BCUT2D eigenvalue weighted by Crippen LogP contribution is 2.60. The Morgan fingerprint density at radius 2 is 1.04 bits per heavy atom. The molecule has 1 unspecified atom stereocenters. The second-order valence-electron chi connectivity index (χ2n) is 14.1. The van der Waals surface area contributed by atoms with Gasteiger partial charge in [0.1, 0.15) is 0 Å². The highest BCUT2D eigenvalue weighted by Gasteiger charge is 2.49. The predicted molar refractivity (Wildman–Crippen MR) is 233 cm³/mol. The topological polar surface area (TPSA) is 24.7 Å². The standard InChI is InChI=1S/C53H40N2/c1-3-37-16-12-14-24-48(37)53(51(41-18-6-4-7-19-41)36-55-52(54-2)42-20-8-5-9-21-42)49-25-15-13-23-46(49)47-33-32-45(35-50(47)53)40-28-26-39(27-29-40)44-31-30-38-17-10-11-22-43(38)34-44/h4-36H,2-3H2,1H3/b51-36+,55-52?. The van der Waals surface area contributed by atoms with Crippen molar-refractivity contribution in [3.63, 3.8) is 0 Å². The Morgan fingerprint density at radius 1 is 0.491 bits per heavy atom. The van der Waals surface area contributed by atoms with E-state index in [1.165, 1.54) is 66.4 Å². The van der Waals surface area contributed by atoms with Gasteiger partial charge in [0.2, 0.25) is 0 Å². The Balaban J connectivity index is 1.29. The van der Waals surface area contributed by atoms with Crippen molar-refractivity contribution >= 4 is 28.9 Å². The number of rotatable bonds is 8. The summed E-state index contributed by atoms with van der Waals surface area (Å²) in [5.41, 5.74) is 14.7. The van der Waals surface area contributed by atoms with Gasteiger partial charge < -0.3 is 0 Å². The number of aliphatic imine (C=N–C) groups is 2. The van der Waals surface area contributed by atoms with Crippen LogP contribution >= 0.6 is 0 Å². The van der Waals surface area contributed by atoms with Crippen LogP contribution in [0.15, 0.2) is 210 Å². The quantitative estimate of drug-likeness (QED) is 0.111. The lowest BCUT2D eigenvalue weighted by atomic mass is 9.64. The lowest BCUT2D eigenvalue weighted by Gasteiger charge is -2.37. The van der Waals surface area contributed by atoms with Crippen LogP contribution in [0.1, 0.15) is 40.3 Å². The van der Waals surface area contributed by atoms with Crippen LogP contribution in [0, 0.1) is 0 Å². The molecule has 1 aliphatic carbocycles. The van der Waals surface area contributed by atoms with Gasteiger partial charge in [-0.05, 0) is 103 Å². The van der Waals surface area contributed by atoms with Crippen molar-refractivity contribution in [3.05, 3.63) is 234 Å². The first-order valence-electron chi connectivity index (χ1n) is 19.0.